The number of rotatable bonds is 5. The summed E-state index contributed by atoms with van der Waals surface area (Å²) in [4.78, 5) is 11.2. The third kappa shape index (κ3) is 2.76. The zero-order valence-electron chi connectivity index (χ0n) is 15.9. The van der Waals surface area contributed by atoms with E-state index in [1.165, 1.54) is 25.7 Å². The maximum atomic E-state index is 12.5. The fraction of sp³-hybridized carbons (Fsp3) is 0.333. The van der Waals surface area contributed by atoms with E-state index in [2.05, 4.69) is 39.1 Å². The summed E-state index contributed by atoms with van der Waals surface area (Å²) in [6.07, 6.45) is 11.9. The normalized spacial score (nSPS) is 23.0. The molecule has 5 rings (SSSR count). The van der Waals surface area contributed by atoms with Crippen molar-refractivity contribution < 1.29 is 5.11 Å². The molecule has 1 unspecified atom stereocenters. The maximum absolute atomic E-state index is 12.5. The lowest BCUT2D eigenvalue weighted by molar-refractivity contribution is -0.0313. The molecule has 0 saturated carbocycles. The number of aromatic nitrogens is 2. The first-order valence-electron chi connectivity index (χ1n) is 10.1. The van der Waals surface area contributed by atoms with Crippen molar-refractivity contribution in [3.8, 4) is 0 Å². The van der Waals surface area contributed by atoms with Gasteiger partial charge in [0.15, 0.2) is 0 Å². The SMILES string of the molecule is OC(c1cccnc1)(c1cccnc1)C(c1ccccc1)N1C2CCC1CC2. The molecular formula is C24H25N3O. The molecule has 2 aliphatic heterocycles. The Labute approximate surface area is 165 Å². The van der Waals surface area contributed by atoms with Crippen molar-refractivity contribution in [3.05, 3.63) is 96.1 Å². The van der Waals surface area contributed by atoms with Crippen molar-refractivity contribution in [1.82, 2.24) is 14.9 Å². The largest absolute Gasteiger partial charge is 0.378 e. The first-order valence-corrected chi connectivity index (χ1v) is 10.1. The predicted octanol–water partition coefficient (Wildman–Crippen LogP) is 4.08. The van der Waals surface area contributed by atoms with Gasteiger partial charge in [0.05, 0.1) is 6.04 Å². The third-order valence-electron chi connectivity index (χ3n) is 6.52. The van der Waals surface area contributed by atoms with Crippen molar-refractivity contribution in [2.75, 3.05) is 0 Å². The van der Waals surface area contributed by atoms with Crippen molar-refractivity contribution >= 4 is 0 Å². The molecule has 1 atom stereocenters. The Balaban J connectivity index is 1.74. The van der Waals surface area contributed by atoms with Gasteiger partial charge in [-0.05, 0) is 43.4 Å². The Morgan fingerprint density at radius 3 is 1.79 bits per heavy atom. The number of benzene rings is 1. The van der Waals surface area contributed by atoms with Crippen LogP contribution in [0.4, 0.5) is 0 Å². The van der Waals surface area contributed by atoms with Gasteiger partial charge in [0, 0.05) is 48.0 Å². The van der Waals surface area contributed by atoms with Crippen LogP contribution in [-0.2, 0) is 5.60 Å². The van der Waals surface area contributed by atoms with Gasteiger partial charge in [-0.1, -0.05) is 42.5 Å². The van der Waals surface area contributed by atoms with Gasteiger partial charge in [0.2, 0.25) is 0 Å². The highest BCUT2D eigenvalue weighted by molar-refractivity contribution is 5.40. The third-order valence-corrected chi connectivity index (χ3v) is 6.52. The molecular weight excluding hydrogens is 346 g/mol. The van der Waals surface area contributed by atoms with Gasteiger partial charge >= 0.3 is 0 Å². The number of nitrogens with zero attached hydrogens (tertiary/aromatic N) is 3. The zero-order chi connectivity index (χ0) is 19.0. The summed E-state index contributed by atoms with van der Waals surface area (Å²) in [6, 6.07) is 19.1. The molecule has 2 aromatic heterocycles. The summed E-state index contributed by atoms with van der Waals surface area (Å²) in [7, 11) is 0. The van der Waals surface area contributed by atoms with Crippen LogP contribution in [0.5, 0.6) is 0 Å². The first kappa shape index (κ1) is 17.5. The van der Waals surface area contributed by atoms with Gasteiger partial charge in [-0.15, -0.1) is 0 Å². The fourth-order valence-electron chi connectivity index (χ4n) is 5.30. The molecule has 3 aromatic rings. The molecule has 2 bridgehead atoms. The Morgan fingerprint density at radius 1 is 0.786 bits per heavy atom. The zero-order valence-corrected chi connectivity index (χ0v) is 15.9. The summed E-state index contributed by atoms with van der Waals surface area (Å²) in [5.74, 6) is 0. The minimum absolute atomic E-state index is 0.179. The number of fused-ring (bicyclic) bond motifs is 2. The predicted molar refractivity (Wildman–Crippen MR) is 109 cm³/mol. The first-order chi connectivity index (χ1) is 13.8. The van der Waals surface area contributed by atoms with Gasteiger partial charge in [-0.25, -0.2) is 0 Å². The summed E-state index contributed by atoms with van der Waals surface area (Å²) >= 11 is 0. The van der Waals surface area contributed by atoms with Crippen LogP contribution in [0.1, 0.15) is 48.4 Å². The van der Waals surface area contributed by atoms with Gasteiger partial charge in [0.1, 0.15) is 5.60 Å². The van der Waals surface area contributed by atoms with Crippen molar-refractivity contribution in [2.24, 2.45) is 0 Å². The highest BCUT2D eigenvalue weighted by Gasteiger charge is 2.52. The van der Waals surface area contributed by atoms with Crippen LogP contribution in [0.25, 0.3) is 0 Å². The average molecular weight is 371 g/mol. The van der Waals surface area contributed by atoms with Crippen molar-refractivity contribution in [3.63, 3.8) is 0 Å². The lowest BCUT2D eigenvalue weighted by Gasteiger charge is -2.44. The molecule has 2 aliphatic rings. The van der Waals surface area contributed by atoms with Crippen LogP contribution in [-0.4, -0.2) is 32.1 Å². The lowest BCUT2D eigenvalue weighted by Crippen LogP contribution is -2.47. The van der Waals surface area contributed by atoms with Crippen LogP contribution in [0.15, 0.2) is 79.4 Å². The topological polar surface area (TPSA) is 49.3 Å². The minimum Gasteiger partial charge on any atom is -0.378 e. The van der Waals surface area contributed by atoms with E-state index in [0.29, 0.717) is 12.1 Å². The van der Waals surface area contributed by atoms with Gasteiger partial charge in [0.25, 0.3) is 0 Å². The average Bonchev–Trinajstić information content (AvgIpc) is 3.36. The van der Waals surface area contributed by atoms with Gasteiger partial charge in [-0.3, -0.25) is 14.9 Å². The number of aliphatic hydroxyl groups is 1. The van der Waals surface area contributed by atoms with E-state index >= 15 is 0 Å². The molecule has 0 aliphatic carbocycles. The molecule has 2 saturated heterocycles. The van der Waals surface area contributed by atoms with E-state index < -0.39 is 5.60 Å². The van der Waals surface area contributed by atoms with Crippen molar-refractivity contribution in [1.29, 1.82) is 0 Å². The standard InChI is InChI=1S/C24H25N3O/c28-24(19-8-4-14-25-16-19,20-9-5-15-26-17-20)23(18-6-2-1-3-7-18)27-21-10-11-22(27)13-12-21/h1-9,14-17,21-23,28H,10-13H2. The van der Waals surface area contributed by atoms with E-state index in [1.54, 1.807) is 24.8 Å². The number of hydrogen-bond donors (Lipinski definition) is 1. The molecule has 142 valence electrons. The molecule has 4 heterocycles. The summed E-state index contributed by atoms with van der Waals surface area (Å²) < 4.78 is 0. The fourth-order valence-corrected chi connectivity index (χ4v) is 5.30. The minimum atomic E-state index is -1.23. The quantitative estimate of drug-likeness (QED) is 0.734. The van der Waals surface area contributed by atoms with E-state index in [1.807, 2.05) is 30.3 Å². The van der Waals surface area contributed by atoms with Crippen LogP contribution < -0.4 is 0 Å². The second-order valence-corrected chi connectivity index (χ2v) is 7.97. The monoisotopic (exact) mass is 371 g/mol. The highest BCUT2D eigenvalue weighted by atomic mass is 16.3. The molecule has 0 radical (unpaired) electrons. The second kappa shape index (κ2) is 7.12. The van der Waals surface area contributed by atoms with Crippen LogP contribution in [0, 0.1) is 0 Å². The number of hydrogen-bond acceptors (Lipinski definition) is 4. The van der Waals surface area contributed by atoms with E-state index in [4.69, 9.17) is 0 Å². The molecule has 0 amide bonds. The van der Waals surface area contributed by atoms with Gasteiger partial charge < -0.3 is 5.11 Å². The molecule has 2 fully saturated rings. The Hall–Kier alpha value is -2.56. The summed E-state index contributed by atoms with van der Waals surface area (Å²) in [5, 5.41) is 12.5. The Kier molecular flexibility index (Phi) is 4.46. The molecule has 0 spiro atoms. The van der Waals surface area contributed by atoms with Gasteiger partial charge in [-0.2, -0.15) is 0 Å². The molecule has 1 aromatic carbocycles. The lowest BCUT2D eigenvalue weighted by atomic mass is 9.77. The van der Waals surface area contributed by atoms with Crippen molar-refractivity contribution in [2.45, 2.75) is 49.4 Å². The molecule has 4 heteroatoms. The summed E-state index contributed by atoms with van der Waals surface area (Å²) in [5.41, 5.74) is 1.53. The maximum Gasteiger partial charge on any atom is 0.137 e. The molecule has 1 N–H and O–H groups in total. The van der Waals surface area contributed by atoms with E-state index in [-0.39, 0.29) is 6.04 Å². The van der Waals surface area contributed by atoms with Crippen LogP contribution >= 0.6 is 0 Å². The van der Waals surface area contributed by atoms with Crippen LogP contribution in [0.3, 0.4) is 0 Å². The number of pyridine rings is 2. The highest BCUT2D eigenvalue weighted by Crippen LogP contribution is 2.51. The smallest absolute Gasteiger partial charge is 0.137 e. The Morgan fingerprint density at radius 2 is 1.32 bits per heavy atom. The van der Waals surface area contributed by atoms with E-state index in [0.717, 1.165) is 16.7 Å². The second-order valence-electron chi connectivity index (χ2n) is 7.97. The van der Waals surface area contributed by atoms with Crippen LogP contribution in [0.2, 0.25) is 0 Å². The van der Waals surface area contributed by atoms with E-state index in [9.17, 15) is 5.11 Å². The summed E-state index contributed by atoms with van der Waals surface area (Å²) in [6.45, 7) is 0. The Bertz CT molecular complexity index is 857. The molecule has 4 nitrogen and oxygen atoms in total. The molecule has 28 heavy (non-hydrogen) atoms.